The van der Waals surface area contributed by atoms with E-state index in [1.54, 1.807) is 0 Å². The molecule has 164 valence electrons. The molecule has 4 heteroatoms. The summed E-state index contributed by atoms with van der Waals surface area (Å²) < 4.78 is 12.0. The third-order valence-corrected chi connectivity index (χ3v) is 9.02. The molecular weight excluding hydrogens is 364 g/mol. The Morgan fingerprint density at radius 2 is 1.52 bits per heavy atom. The number of hydrogen-bond donors (Lipinski definition) is 0. The Hall–Kier alpha value is -1.06. The van der Waals surface area contributed by atoms with Crippen molar-refractivity contribution in [1.29, 1.82) is 0 Å². The Morgan fingerprint density at radius 1 is 0.931 bits per heavy atom. The maximum absolute atomic E-state index is 13.1. The van der Waals surface area contributed by atoms with Gasteiger partial charge < -0.3 is 9.47 Å². The molecule has 0 aromatic carbocycles. The van der Waals surface area contributed by atoms with Crippen LogP contribution in [0.15, 0.2) is 0 Å². The highest BCUT2D eigenvalue weighted by molar-refractivity contribution is 5.73. The second kappa shape index (κ2) is 8.59. The quantitative estimate of drug-likeness (QED) is 0.524. The molecule has 5 aliphatic carbocycles. The Bertz CT molecular complexity index is 576. The fourth-order valence-corrected chi connectivity index (χ4v) is 7.14. The van der Waals surface area contributed by atoms with Crippen molar-refractivity contribution in [3.8, 4) is 0 Å². The SMILES string of the molecule is CCC(C)C(=O)OCC1CCC(C(=O)OC2(CC)C3CC4CC(C3)CC2C4)CC1. The van der Waals surface area contributed by atoms with Gasteiger partial charge in [0, 0.05) is 0 Å². The number of carbonyl (C=O) groups excluding carboxylic acids is 2. The van der Waals surface area contributed by atoms with Gasteiger partial charge in [-0.15, -0.1) is 0 Å². The van der Waals surface area contributed by atoms with Crippen LogP contribution < -0.4 is 0 Å². The van der Waals surface area contributed by atoms with Crippen molar-refractivity contribution in [2.24, 2.45) is 41.4 Å². The first-order valence-electron chi connectivity index (χ1n) is 12.3. The molecule has 0 radical (unpaired) electrons. The minimum Gasteiger partial charge on any atom is -0.465 e. The third kappa shape index (κ3) is 4.10. The minimum atomic E-state index is -0.173. The van der Waals surface area contributed by atoms with E-state index in [1.165, 1.54) is 32.1 Å². The smallest absolute Gasteiger partial charge is 0.309 e. The van der Waals surface area contributed by atoms with Gasteiger partial charge in [-0.25, -0.2) is 0 Å². The van der Waals surface area contributed by atoms with Gasteiger partial charge >= 0.3 is 11.9 Å². The van der Waals surface area contributed by atoms with Crippen LogP contribution in [0.1, 0.15) is 91.4 Å². The molecule has 29 heavy (non-hydrogen) atoms. The number of ether oxygens (including phenoxy) is 2. The molecule has 0 aromatic rings. The van der Waals surface area contributed by atoms with Gasteiger partial charge in [-0.2, -0.15) is 0 Å². The summed E-state index contributed by atoms with van der Waals surface area (Å²) >= 11 is 0. The van der Waals surface area contributed by atoms with Gasteiger partial charge in [-0.1, -0.05) is 20.8 Å². The number of carbonyl (C=O) groups is 2. The van der Waals surface area contributed by atoms with Gasteiger partial charge in [0.25, 0.3) is 0 Å². The highest BCUT2D eigenvalue weighted by Gasteiger charge is 2.58. The molecule has 0 amide bonds. The fraction of sp³-hybridized carbons (Fsp3) is 0.920. The first-order valence-corrected chi connectivity index (χ1v) is 12.3. The van der Waals surface area contributed by atoms with Crippen molar-refractivity contribution >= 4 is 11.9 Å². The van der Waals surface area contributed by atoms with E-state index in [0.717, 1.165) is 50.4 Å². The molecule has 1 atom stereocenters. The molecule has 5 saturated carbocycles. The number of esters is 2. The van der Waals surface area contributed by atoms with Crippen molar-refractivity contribution in [1.82, 2.24) is 0 Å². The summed E-state index contributed by atoms with van der Waals surface area (Å²) in [6, 6.07) is 0. The van der Waals surface area contributed by atoms with E-state index in [-0.39, 0.29) is 29.4 Å². The van der Waals surface area contributed by atoms with E-state index >= 15 is 0 Å². The first-order chi connectivity index (χ1) is 13.9. The maximum atomic E-state index is 13.1. The van der Waals surface area contributed by atoms with E-state index in [0.29, 0.717) is 24.4 Å². The molecule has 0 heterocycles. The Balaban J connectivity index is 1.28. The lowest BCUT2D eigenvalue weighted by molar-refractivity contribution is -0.215. The predicted octanol–water partition coefficient (Wildman–Crippen LogP) is 5.53. The van der Waals surface area contributed by atoms with Gasteiger partial charge in [0.2, 0.25) is 0 Å². The second-order valence-electron chi connectivity index (χ2n) is 10.7. The van der Waals surface area contributed by atoms with Gasteiger partial charge in [0.15, 0.2) is 0 Å². The number of hydrogen-bond acceptors (Lipinski definition) is 4. The fourth-order valence-electron chi connectivity index (χ4n) is 7.14. The normalized spacial score (nSPS) is 41.8. The molecule has 0 aromatic heterocycles. The maximum Gasteiger partial charge on any atom is 0.309 e. The standard InChI is InChI=1S/C25H40O4/c1-4-16(3)23(26)28-15-17-6-8-20(9-7-17)24(27)29-25(5-2)21-11-18-10-19(13-21)14-22(25)12-18/h16-22H,4-15H2,1-3H3. The van der Waals surface area contributed by atoms with Crippen LogP contribution >= 0.6 is 0 Å². The molecule has 5 aliphatic rings. The van der Waals surface area contributed by atoms with Crippen molar-refractivity contribution in [3.05, 3.63) is 0 Å². The molecule has 4 bridgehead atoms. The van der Waals surface area contributed by atoms with Crippen LogP contribution in [0.25, 0.3) is 0 Å². The van der Waals surface area contributed by atoms with Crippen LogP contribution in [0.3, 0.4) is 0 Å². The lowest BCUT2D eigenvalue weighted by Crippen LogP contribution is -2.59. The van der Waals surface area contributed by atoms with Gasteiger partial charge in [0.1, 0.15) is 5.60 Å². The second-order valence-corrected chi connectivity index (χ2v) is 10.7. The molecule has 0 saturated heterocycles. The van der Waals surface area contributed by atoms with Crippen LogP contribution in [-0.4, -0.2) is 24.1 Å². The summed E-state index contributed by atoms with van der Waals surface area (Å²) in [6.07, 6.45) is 12.0. The molecule has 5 rings (SSSR count). The Kier molecular flexibility index (Phi) is 6.27. The van der Waals surface area contributed by atoms with Crippen LogP contribution in [-0.2, 0) is 19.1 Å². The lowest BCUT2D eigenvalue weighted by Gasteiger charge is -2.60. The molecule has 0 aliphatic heterocycles. The van der Waals surface area contributed by atoms with E-state index in [4.69, 9.17) is 9.47 Å². The summed E-state index contributed by atoms with van der Waals surface area (Å²) in [5.74, 6) is 3.38. The number of rotatable bonds is 7. The summed E-state index contributed by atoms with van der Waals surface area (Å²) in [5, 5.41) is 0. The summed E-state index contributed by atoms with van der Waals surface area (Å²) in [6.45, 7) is 6.67. The lowest BCUT2D eigenvalue weighted by atomic mass is 9.49. The molecule has 0 spiro atoms. The van der Waals surface area contributed by atoms with Crippen molar-refractivity contribution in [3.63, 3.8) is 0 Å². The minimum absolute atomic E-state index is 0.0208. The third-order valence-electron chi connectivity index (χ3n) is 9.02. The zero-order valence-corrected chi connectivity index (χ0v) is 18.7. The molecular formula is C25H40O4. The Morgan fingerprint density at radius 3 is 2.03 bits per heavy atom. The average Bonchev–Trinajstić information content (AvgIpc) is 2.73. The van der Waals surface area contributed by atoms with E-state index in [2.05, 4.69) is 6.92 Å². The highest BCUT2D eigenvalue weighted by atomic mass is 16.6. The van der Waals surface area contributed by atoms with E-state index in [1.807, 2.05) is 13.8 Å². The van der Waals surface area contributed by atoms with Crippen molar-refractivity contribution in [2.75, 3.05) is 6.61 Å². The van der Waals surface area contributed by atoms with Crippen LogP contribution in [0.2, 0.25) is 0 Å². The molecule has 0 N–H and O–H groups in total. The molecule has 5 fully saturated rings. The van der Waals surface area contributed by atoms with Crippen molar-refractivity contribution in [2.45, 2.75) is 97.0 Å². The van der Waals surface area contributed by atoms with Gasteiger partial charge in [-0.3, -0.25) is 9.59 Å². The monoisotopic (exact) mass is 404 g/mol. The van der Waals surface area contributed by atoms with Crippen LogP contribution in [0.5, 0.6) is 0 Å². The predicted molar refractivity (Wildman–Crippen MR) is 112 cm³/mol. The summed E-state index contributed by atoms with van der Waals surface area (Å²) in [7, 11) is 0. The van der Waals surface area contributed by atoms with Gasteiger partial charge in [-0.05, 0) is 100 Å². The highest BCUT2D eigenvalue weighted by Crippen LogP contribution is 2.60. The van der Waals surface area contributed by atoms with E-state index in [9.17, 15) is 9.59 Å². The Labute approximate surface area is 176 Å². The van der Waals surface area contributed by atoms with Crippen molar-refractivity contribution < 1.29 is 19.1 Å². The first kappa shape index (κ1) is 21.2. The van der Waals surface area contributed by atoms with Gasteiger partial charge in [0.05, 0.1) is 18.4 Å². The van der Waals surface area contributed by atoms with Crippen LogP contribution in [0.4, 0.5) is 0 Å². The summed E-state index contributed by atoms with van der Waals surface area (Å²) in [4.78, 5) is 25.1. The van der Waals surface area contributed by atoms with E-state index < -0.39 is 0 Å². The zero-order chi connectivity index (χ0) is 20.6. The average molecular weight is 405 g/mol. The topological polar surface area (TPSA) is 52.6 Å². The zero-order valence-electron chi connectivity index (χ0n) is 18.7. The van der Waals surface area contributed by atoms with Crippen LogP contribution in [0, 0.1) is 41.4 Å². The summed E-state index contributed by atoms with van der Waals surface area (Å²) in [5.41, 5.74) is -0.173. The molecule has 1 unspecified atom stereocenters. The molecule has 4 nitrogen and oxygen atoms in total. The largest absolute Gasteiger partial charge is 0.465 e.